The summed E-state index contributed by atoms with van der Waals surface area (Å²) in [4.78, 5) is 0.198. The van der Waals surface area contributed by atoms with Crippen molar-refractivity contribution in [1.29, 1.82) is 0 Å². The van der Waals surface area contributed by atoms with Gasteiger partial charge in [-0.2, -0.15) is 0 Å². The second-order valence-corrected chi connectivity index (χ2v) is 12.1. The summed E-state index contributed by atoms with van der Waals surface area (Å²) in [5, 5.41) is 0. The van der Waals surface area contributed by atoms with E-state index in [1.165, 1.54) is 24.3 Å². The molecule has 0 bridgehead atoms. The lowest BCUT2D eigenvalue weighted by molar-refractivity contribution is 0.413. The number of anilines is 1. The number of aryl methyl sites for hydroxylation is 2. The average Bonchev–Trinajstić information content (AvgIpc) is 2.89. The first-order valence-corrected chi connectivity index (χ1v) is 14.6. The quantitative estimate of drug-likeness (QED) is 0.273. The molecule has 8 nitrogen and oxygen atoms in total. The summed E-state index contributed by atoms with van der Waals surface area (Å²) in [5.41, 5.74) is 2.46. The second-order valence-electron chi connectivity index (χ2n) is 8.65. The molecule has 0 aliphatic rings. The van der Waals surface area contributed by atoms with Crippen LogP contribution < -0.4 is 18.9 Å². The molecule has 0 radical (unpaired) electrons. The predicted molar refractivity (Wildman–Crippen MR) is 147 cm³/mol. The Bertz CT molecular complexity index is 1620. The van der Waals surface area contributed by atoms with Gasteiger partial charge in [0.05, 0.1) is 22.6 Å². The van der Waals surface area contributed by atoms with Crippen molar-refractivity contribution in [2.45, 2.75) is 30.2 Å². The molecule has 0 aromatic heterocycles. The Kier molecular flexibility index (Phi) is 8.05. The molecule has 0 atom stereocenters. The van der Waals surface area contributed by atoms with E-state index in [2.05, 4.69) is 9.44 Å². The van der Waals surface area contributed by atoms with Gasteiger partial charge in [0, 0.05) is 6.54 Å². The van der Waals surface area contributed by atoms with E-state index in [4.69, 9.17) is 9.47 Å². The van der Waals surface area contributed by atoms with Gasteiger partial charge in [-0.1, -0.05) is 35.4 Å². The minimum Gasteiger partial charge on any atom is -0.497 e. The fraction of sp³-hybridized carbons (Fsp3) is 0.143. The average molecular weight is 553 g/mol. The molecule has 0 heterocycles. The van der Waals surface area contributed by atoms with Gasteiger partial charge in [0.25, 0.3) is 10.0 Å². The summed E-state index contributed by atoms with van der Waals surface area (Å²) in [6, 6.07) is 24.6. The summed E-state index contributed by atoms with van der Waals surface area (Å²) >= 11 is 0. The number of benzene rings is 4. The standard InChI is InChI=1S/C28H28N2O6S2/c1-20-4-13-26(14-5-20)37(31,32)29-19-22-18-25(36-24-10-8-23(35-3)9-11-24)12-17-28(22)30-38(33,34)27-15-6-21(2)7-16-27/h4-18,29-30H,19H2,1-3H3. The lowest BCUT2D eigenvalue weighted by Crippen LogP contribution is -2.24. The van der Waals surface area contributed by atoms with Gasteiger partial charge in [0.15, 0.2) is 0 Å². The Hall–Kier alpha value is -3.86. The molecule has 0 saturated heterocycles. The van der Waals surface area contributed by atoms with Crippen LogP contribution in [0.1, 0.15) is 16.7 Å². The van der Waals surface area contributed by atoms with Gasteiger partial charge in [-0.05, 0) is 86.1 Å². The third kappa shape index (κ3) is 6.71. The second kappa shape index (κ2) is 11.3. The molecule has 10 heteroatoms. The molecule has 0 saturated carbocycles. The maximum Gasteiger partial charge on any atom is 0.261 e. The van der Waals surface area contributed by atoms with E-state index in [-0.39, 0.29) is 22.0 Å². The molecular formula is C28H28N2O6S2. The molecule has 0 fully saturated rings. The molecule has 4 rings (SSSR count). The highest BCUT2D eigenvalue weighted by atomic mass is 32.2. The normalized spacial score (nSPS) is 11.7. The van der Waals surface area contributed by atoms with Gasteiger partial charge in [-0.25, -0.2) is 21.6 Å². The van der Waals surface area contributed by atoms with Crippen molar-refractivity contribution in [3.63, 3.8) is 0 Å². The van der Waals surface area contributed by atoms with E-state index >= 15 is 0 Å². The fourth-order valence-corrected chi connectivity index (χ4v) is 5.66. The highest BCUT2D eigenvalue weighted by Gasteiger charge is 2.19. The van der Waals surface area contributed by atoms with Crippen LogP contribution in [-0.2, 0) is 26.6 Å². The Labute approximate surface area is 223 Å². The molecule has 4 aromatic carbocycles. The first-order chi connectivity index (χ1) is 18.1. The molecule has 0 spiro atoms. The summed E-state index contributed by atoms with van der Waals surface area (Å²) in [7, 11) is -6.21. The Morgan fingerprint density at radius 2 is 1.13 bits per heavy atom. The van der Waals surface area contributed by atoms with Crippen LogP contribution >= 0.6 is 0 Å². The predicted octanol–water partition coefficient (Wildman–Crippen LogP) is 5.38. The molecule has 0 amide bonds. The minimum atomic E-state index is -3.92. The zero-order valence-electron chi connectivity index (χ0n) is 21.1. The molecule has 0 aliphatic heterocycles. The number of hydrogen-bond donors (Lipinski definition) is 2. The van der Waals surface area contributed by atoms with Crippen LogP contribution in [0, 0.1) is 13.8 Å². The van der Waals surface area contributed by atoms with E-state index in [1.807, 2.05) is 13.8 Å². The van der Waals surface area contributed by atoms with Crippen molar-refractivity contribution in [3.05, 3.63) is 108 Å². The molecule has 38 heavy (non-hydrogen) atoms. The number of ether oxygens (including phenoxy) is 2. The SMILES string of the molecule is COc1ccc(Oc2ccc(NS(=O)(=O)c3ccc(C)cc3)c(CNS(=O)(=O)c3ccc(C)cc3)c2)cc1. The number of nitrogens with one attached hydrogen (secondary N) is 2. The van der Waals surface area contributed by atoms with Crippen molar-refractivity contribution in [2.75, 3.05) is 11.8 Å². The van der Waals surface area contributed by atoms with Crippen molar-refractivity contribution >= 4 is 25.7 Å². The number of methoxy groups -OCH3 is 1. The van der Waals surface area contributed by atoms with Gasteiger partial charge in [-0.3, -0.25) is 4.72 Å². The van der Waals surface area contributed by atoms with E-state index in [1.54, 1.807) is 73.8 Å². The van der Waals surface area contributed by atoms with Crippen LogP contribution in [-0.4, -0.2) is 23.9 Å². The van der Waals surface area contributed by atoms with Crippen molar-refractivity contribution in [3.8, 4) is 17.2 Å². The largest absolute Gasteiger partial charge is 0.497 e. The van der Waals surface area contributed by atoms with Gasteiger partial charge < -0.3 is 9.47 Å². The first-order valence-electron chi connectivity index (χ1n) is 11.7. The van der Waals surface area contributed by atoms with Gasteiger partial charge >= 0.3 is 0 Å². The molecule has 0 aliphatic carbocycles. The molecule has 198 valence electrons. The number of hydrogen-bond acceptors (Lipinski definition) is 6. The zero-order chi connectivity index (χ0) is 27.3. The highest BCUT2D eigenvalue weighted by Crippen LogP contribution is 2.29. The molecule has 4 aromatic rings. The third-order valence-corrected chi connectivity index (χ3v) is 8.53. The maximum atomic E-state index is 13.1. The third-order valence-electron chi connectivity index (χ3n) is 5.73. The maximum absolute atomic E-state index is 13.1. The monoisotopic (exact) mass is 552 g/mol. The molecule has 0 unspecified atom stereocenters. The molecule has 2 N–H and O–H groups in total. The minimum absolute atomic E-state index is 0.0906. The first kappa shape index (κ1) is 27.2. The summed E-state index contributed by atoms with van der Waals surface area (Å²) < 4.78 is 68.2. The van der Waals surface area contributed by atoms with E-state index in [9.17, 15) is 16.8 Å². The Balaban J connectivity index is 1.64. The lowest BCUT2D eigenvalue weighted by atomic mass is 10.1. The Morgan fingerprint density at radius 3 is 1.68 bits per heavy atom. The fourth-order valence-electron chi connectivity index (χ4n) is 3.55. The topological polar surface area (TPSA) is 111 Å². The lowest BCUT2D eigenvalue weighted by Gasteiger charge is -2.16. The van der Waals surface area contributed by atoms with Crippen LogP contribution in [0.3, 0.4) is 0 Å². The van der Waals surface area contributed by atoms with Gasteiger partial charge in [-0.15, -0.1) is 0 Å². The zero-order valence-corrected chi connectivity index (χ0v) is 22.8. The van der Waals surface area contributed by atoms with E-state index in [0.717, 1.165) is 11.1 Å². The van der Waals surface area contributed by atoms with Crippen LogP contribution in [0.2, 0.25) is 0 Å². The van der Waals surface area contributed by atoms with Crippen molar-refractivity contribution in [1.82, 2.24) is 4.72 Å². The van der Waals surface area contributed by atoms with Gasteiger partial charge in [0.1, 0.15) is 17.2 Å². The summed E-state index contributed by atoms with van der Waals surface area (Å²) in [6.45, 7) is 3.55. The van der Waals surface area contributed by atoms with E-state index < -0.39 is 20.0 Å². The summed E-state index contributed by atoms with van der Waals surface area (Å²) in [6.07, 6.45) is 0. The highest BCUT2D eigenvalue weighted by molar-refractivity contribution is 7.92. The van der Waals surface area contributed by atoms with Crippen molar-refractivity contribution < 1.29 is 26.3 Å². The summed E-state index contributed by atoms with van der Waals surface area (Å²) in [5.74, 6) is 1.60. The molecular weight excluding hydrogens is 524 g/mol. The smallest absolute Gasteiger partial charge is 0.261 e. The Morgan fingerprint density at radius 1 is 0.632 bits per heavy atom. The van der Waals surface area contributed by atoms with Crippen molar-refractivity contribution in [2.24, 2.45) is 0 Å². The number of sulfonamides is 2. The van der Waals surface area contributed by atoms with Crippen LogP contribution in [0.25, 0.3) is 0 Å². The van der Waals surface area contributed by atoms with Crippen LogP contribution in [0.5, 0.6) is 17.2 Å². The number of rotatable bonds is 10. The van der Waals surface area contributed by atoms with E-state index in [0.29, 0.717) is 22.8 Å². The van der Waals surface area contributed by atoms with Gasteiger partial charge in [0.2, 0.25) is 10.0 Å². The van der Waals surface area contributed by atoms with Crippen LogP contribution in [0.15, 0.2) is 101 Å². The van der Waals surface area contributed by atoms with Crippen LogP contribution in [0.4, 0.5) is 5.69 Å².